The normalized spacial score (nSPS) is 22.3. The van der Waals surface area contributed by atoms with Gasteiger partial charge in [-0.2, -0.15) is 0 Å². The van der Waals surface area contributed by atoms with E-state index in [-0.39, 0.29) is 12.2 Å². The third-order valence-corrected chi connectivity index (χ3v) is 7.42. The monoisotopic (exact) mass is 480 g/mol. The molecule has 0 N–H and O–H groups in total. The molecule has 0 saturated carbocycles. The minimum atomic E-state index is -0.0733. The van der Waals surface area contributed by atoms with Gasteiger partial charge in [0, 0.05) is 43.6 Å². The van der Waals surface area contributed by atoms with E-state index >= 15 is 0 Å². The lowest BCUT2D eigenvalue weighted by Gasteiger charge is -2.38. The van der Waals surface area contributed by atoms with Crippen LogP contribution in [-0.4, -0.2) is 88.8 Å². The highest BCUT2D eigenvalue weighted by molar-refractivity contribution is 5.99. The van der Waals surface area contributed by atoms with Gasteiger partial charge in [0.15, 0.2) is 0 Å². The highest BCUT2D eigenvalue weighted by Crippen LogP contribution is 2.34. The number of nitrogens with zero attached hydrogens (tertiary/aromatic N) is 6. The number of likely N-dealkylation sites (N-methyl/N-ethyl adjacent to an activating group) is 1. The van der Waals surface area contributed by atoms with Crippen molar-refractivity contribution in [3.05, 3.63) is 54.0 Å². The van der Waals surface area contributed by atoms with Gasteiger partial charge >= 0.3 is 0 Å². The first-order chi connectivity index (χ1) is 16.8. The van der Waals surface area contributed by atoms with Crippen LogP contribution in [-0.2, 0) is 11.2 Å². The van der Waals surface area contributed by atoms with E-state index in [1.165, 1.54) is 11.3 Å². The maximum Gasteiger partial charge on any atom is 0.216 e. The second-order valence-electron chi connectivity index (χ2n) is 10.3. The Bertz CT molecular complexity index is 924. The number of hydrogen-bond acceptors (Lipinski definition) is 6. The van der Waals surface area contributed by atoms with Crippen LogP contribution >= 0.6 is 0 Å². The third-order valence-electron chi connectivity index (χ3n) is 7.42. The molecule has 3 atom stereocenters. The summed E-state index contributed by atoms with van der Waals surface area (Å²) < 4.78 is 0. The molecule has 0 aromatic carbocycles. The van der Waals surface area contributed by atoms with Gasteiger partial charge in [0.2, 0.25) is 6.41 Å². The molecule has 2 heterocycles. The summed E-state index contributed by atoms with van der Waals surface area (Å²) in [5.74, 6) is 0.638. The Balaban J connectivity index is 1.79. The number of hydrogen-bond donors (Lipinski definition) is 0. The van der Waals surface area contributed by atoms with E-state index < -0.39 is 0 Å². The molecule has 1 aromatic heterocycles. The molecule has 1 saturated heterocycles. The quantitative estimate of drug-likeness (QED) is 0.287. The summed E-state index contributed by atoms with van der Waals surface area (Å²) in [7, 11) is 4.24. The van der Waals surface area contributed by atoms with E-state index in [2.05, 4.69) is 62.2 Å². The lowest BCUT2D eigenvalue weighted by Crippen LogP contribution is -2.48. The lowest BCUT2D eigenvalue weighted by atomic mass is 9.90. The summed E-state index contributed by atoms with van der Waals surface area (Å²) in [6.45, 7) is 15.3. The number of carbonyl (C=O) groups is 1. The Morgan fingerprint density at radius 3 is 2.71 bits per heavy atom. The predicted molar refractivity (Wildman–Crippen MR) is 144 cm³/mol. The number of fused-ring (bicyclic) bond motifs is 1. The molecule has 35 heavy (non-hydrogen) atoms. The number of allylic oxidation sites excluding steroid dienone is 1. The highest BCUT2D eigenvalue weighted by atomic mass is 16.1. The van der Waals surface area contributed by atoms with Crippen LogP contribution in [0.1, 0.15) is 64.3 Å². The van der Waals surface area contributed by atoms with E-state index in [0.29, 0.717) is 24.5 Å². The minimum absolute atomic E-state index is 0.0733. The molecule has 2 aliphatic rings. The second-order valence-corrected chi connectivity index (χ2v) is 10.3. The molecule has 2 unspecified atom stereocenters. The summed E-state index contributed by atoms with van der Waals surface area (Å²) in [6.07, 6.45) is 11.0. The molecule has 0 spiro atoms. The van der Waals surface area contributed by atoms with Crippen molar-refractivity contribution in [2.45, 2.75) is 77.7 Å². The van der Waals surface area contributed by atoms with Crippen LogP contribution in [0.15, 0.2) is 47.7 Å². The summed E-state index contributed by atoms with van der Waals surface area (Å²) in [5, 5.41) is 0. The Labute approximate surface area is 212 Å². The molecule has 1 aliphatic heterocycles. The van der Waals surface area contributed by atoms with Crippen LogP contribution in [0.4, 0.5) is 0 Å². The topological polar surface area (TPSA) is 55.3 Å². The van der Waals surface area contributed by atoms with Crippen LogP contribution in [0, 0.1) is 0 Å². The van der Waals surface area contributed by atoms with E-state index in [0.717, 1.165) is 50.9 Å². The maximum absolute atomic E-state index is 12.3. The second kappa shape index (κ2) is 12.6. The van der Waals surface area contributed by atoms with Crippen molar-refractivity contribution in [3.8, 4) is 0 Å². The predicted octanol–water partition coefficient (Wildman–Crippen LogP) is 4.10. The first-order valence-electron chi connectivity index (χ1n) is 13.0. The van der Waals surface area contributed by atoms with Crippen LogP contribution < -0.4 is 0 Å². The van der Waals surface area contributed by atoms with Gasteiger partial charge in [-0.15, -0.1) is 0 Å². The molecule has 1 amide bonds. The van der Waals surface area contributed by atoms with Crippen molar-refractivity contribution in [2.75, 3.05) is 33.7 Å². The lowest BCUT2D eigenvalue weighted by molar-refractivity contribution is -0.118. The first kappa shape index (κ1) is 27.2. The summed E-state index contributed by atoms with van der Waals surface area (Å²) in [5.41, 5.74) is 3.28. The van der Waals surface area contributed by atoms with Crippen molar-refractivity contribution >= 4 is 12.2 Å². The molecule has 1 aromatic rings. The number of rotatable bonds is 10. The van der Waals surface area contributed by atoms with Gasteiger partial charge in [0.05, 0.1) is 17.9 Å². The van der Waals surface area contributed by atoms with Crippen molar-refractivity contribution in [1.82, 2.24) is 24.6 Å². The zero-order valence-corrected chi connectivity index (χ0v) is 22.5. The van der Waals surface area contributed by atoms with Gasteiger partial charge in [-0.1, -0.05) is 18.7 Å². The largest absolute Gasteiger partial charge is 0.305 e. The fourth-order valence-corrected chi connectivity index (χ4v) is 5.34. The molecule has 3 rings (SSSR count). The molecule has 0 bridgehead atoms. The number of carbonyl (C=O) groups excluding carboxylic acids is 1. The summed E-state index contributed by atoms with van der Waals surface area (Å²) >= 11 is 0. The number of amides is 1. The number of aromatic nitrogens is 1. The minimum Gasteiger partial charge on any atom is -0.305 e. The van der Waals surface area contributed by atoms with Gasteiger partial charge in [-0.3, -0.25) is 24.5 Å². The molecule has 7 nitrogen and oxygen atoms in total. The van der Waals surface area contributed by atoms with Crippen molar-refractivity contribution in [3.63, 3.8) is 0 Å². The van der Waals surface area contributed by atoms with Crippen LogP contribution in [0.3, 0.4) is 0 Å². The Hall–Kier alpha value is -2.35. The molecule has 7 heteroatoms. The van der Waals surface area contributed by atoms with Crippen molar-refractivity contribution in [1.29, 1.82) is 0 Å². The number of pyridine rings is 1. The number of likely N-dealkylation sites (tertiary alicyclic amines) is 1. The van der Waals surface area contributed by atoms with Gasteiger partial charge in [-0.25, -0.2) is 4.99 Å². The van der Waals surface area contributed by atoms with Gasteiger partial charge in [-0.05, 0) is 85.2 Å². The number of aliphatic imine (C=N–C) groups is 1. The molecular formula is C28H44N6O. The van der Waals surface area contributed by atoms with Gasteiger partial charge < -0.3 is 4.90 Å². The van der Waals surface area contributed by atoms with Gasteiger partial charge in [0.25, 0.3) is 0 Å². The Morgan fingerprint density at radius 2 is 2.09 bits per heavy atom. The van der Waals surface area contributed by atoms with Crippen LogP contribution in [0.2, 0.25) is 0 Å². The zero-order valence-electron chi connectivity index (χ0n) is 22.5. The average molecular weight is 481 g/mol. The van der Waals surface area contributed by atoms with Crippen LogP contribution in [0.5, 0.6) is 0 Å². The van der Waals surface area contributed by atoms with Gasteiger partial charge in [0.1, 0.15) is 5.84 Å². The average Bonchev–Trinajstić information content (AvgIpc) is 3.33. The van der Waals surface area contributed by atoms with E-state index in [1.807, 2.05) is 31.3 Å². The van der Waals surface area contributed by atoms with Crippen molar-refractivity contribution < 1.29 is 4.79 Å². The van der Waals surface area contributed by atoms with E-state index in [9.17, 15) is 4.79 Å². The summed E-state index contributed by atoms with van der Waals surface area (Å²) in [6, 6.07) is 5.32. The fraction of sp³-hybridized carbons (Fsp3) is 0.607. The highest BCUT2D eigenvalue weighted by Gasteiger charge is 2.32. The Kier molecular flexibility index (Phi) is 9.78. The maximum atomic E-state index is 12.3. The molecule has 1 fully saturated rings. The van der Waals surface area contributed by atoms with E-state index in [1.54, 1.807) is 4.90 Å². The fourth-order valence-electron chi connectivity index (χ4n) is 5.34. The Morgan fingerprint density at radius 1 is 1.31 bits per heavy atom. The third kappa shape index (κ3) is 6.66. The van der Waals surface area contributed by atoms with Crippen molar-refractivity contribution in [2.24, 2.45) is 4.99 Å². The zero-order chi connectivity index (χ0) is 25.5. The molecule has 0 radical (unpaired) electrons. The SMILES string of the molecule is C=C(CN(C(C)C)[C@H]1CCCc2cccnc21)N=C(/C=C\C)N(C=O)C(C)N1CCC(N(C)C)C1. The number of amidine groups is 1. The number of aryl methyl sites for hydroxylation is 1. The molecule has 1 aliphatic carbocycles. The standard InChI is InChI=1S/C28H44N6O/c1-8-11-27(34(20-35)23(5)32-17-15-25(19-32)31(6)7)30-22(4)18-33(21(2)3)26-14-9-12-24-13-10-16-29-28(24)26/h8,10-11,13,16,20-21,23,25-26H,4,9,12,14-15,17-19H2,1-3,5-7H3/b11-8-,30-27?/t23?,25?,26-/m0/s1. The smallest absolute Gasteiger partial charge is 0.216 e. The summed E-state index contributed by atoms with van der Waals surface area (Å²) in [4.78, 5) is 30.7. The van der Waals surface area contributed by atoms with Crippen LogP contribution in [0.25, 0.3) is 0 Å². The van der Waals surface area contributed by atoms with E-state index in [4.69, 9.17) is 9.98 Å². The molecule has 192 valence electrons. The molecular weight excluding hydrogens is 436 g/mol. The first-order valence-corrected chi connectivity index (χ1v) is 13.0.